The van der Waals surface area contributed by atoms with Gasteiger partial charge in [0.15, 0.2) is 0 Å². The number of carbonyl (C=O) groups is 1. The summed E-state index contributed by atoms with van der Waals surface area (Å²) in [5.41, 5.74) is 5.70. The topological polar surface area (TPSA) is 83.6 Å². The Morgan fingerprint density at radius 1 is 0.533 bits per heavy atom. The molecule has 0 heterocycles. The Labute approximate surface area is 281 Å². The highest BCUT2D eigenvalue weighted by Gasteiger charge is 2.30. The zero-order chi connectivity index (χ0) is 33.1. The zero-order valence-electron chi connectivity index (χ0n) is 30.3. The molecule has 266 valence electrons. The number of carbonyl (C=O) groups excluding carboxylic acids is 1. The van der Waals surface area contributed by atoms with Gasteiger partial charge in [0.1, 0.15) is 0 Å². The van der Waals surface area contributed by atoms with Crippen LogP contribution in [-0.4, -0.2) is 28.8 Å². The highest BCUT2D eigenvalue weighted by atomic mass is 16.3. The monoisotopic (exact) mass is 634 g/mol. The van der Waals surface area contributed by atoms with Crippen LogP contribution in [0.15, 0.2) is 24.3 Å². The molecule has 0 radical (unpaired) electrons. The summed E-state index contributed by atoms with van der Waals surface area (Å²) in [6, 6.07) is 0. The van der Waals surface area contributed by atoms with E-state index in [-0.39, 0.29) is 6.61 Å². The Morgan fingerprint density at radius 3 is 1.29 bits per heavy atom. The van der Waals surface area contributed by atoms with Gasteiger partial charge in [0.25, 0.3) is 0 Å². The quantitative estimate of drug-likeness (QED) is 0.0474. The molecule has 0 bridgehead atoms. The van der Waals surface area contributed by atoms with Crippen molar-refractivity contribution in [3.8, 4) is 0 Å². The van der Waals surface area contributed by atoms with Gasteiger partial charge in [-0.1, -0.05) is 199 Å². The summed E-state index contributed by atoms with van der Waals surface area (Å²) >= 11 is 0. The van der Waals surface area contributed by atoms with Gasteiger partial charge < -0.3 is 15.9 Å². The molecule has 0 rings (SSSR count). The van der Waals surface area contributed by atoms with Crippen molar-refractivity contribution in [1.29, 1.82) is 0 Å². The highest BCUT2D eigenvalue weighted by Crippen LogP contribution is 2.24. The maximum atomic E-state index is 12.1. The molecule has 0 saturated heterocycles. The Morgan fingerprint density at radius 2 is 0.889 bits per heavy atom. The largest absolute Gasteiger partial charge is 0.396 e. The van der Waals surface area contributed by atoms with Crippen molar-refractivity contribution in [3.63, 3.8) is 0 Å². The lowest BCUT2D eigenvalue weighted by atomic mass is 9.83. The molecule has 0 aromatic heterocycles. The maximum Gasteiger partial charge on any atom is 0.221 e. The van der Waals surface area contributed by atoms with Crippen LogP contribution < -0.4 is 5.73 Å². The Balaban J connectivity index is 3.83. The molecule has 0 spiro atoms. The summed E-state index contributed by atoms with van der Waals surface area (Å²) in [6.45, 7) is 4.31. The van der Waals surface area contributed by atoms with Crippen LogP contribution in [0.25, 0.3) is 0 Å². The molecule has 0 aliphatic rings. The number of aliphatic hydroxyl groups excluding tert-OH is 2. The fourth-order valence-corrected chi connectivity index (χ4v) is 6.51. The number of aliphatic hydroxyl groups is 2. The molecule has 0 fully saturated rings. The summed E-state index contributed by atoms with van der Waals surface area (Å²) in [6.07, 6.45) is 45.8. The van der Waals surface area contributed by atoms with Crippen molar-refractivity contribution in [2.75, 3.05) is 6.61 Å². The summed E-state index contributed by atoms with van der Waals surface area (Å²) < 4.78 is 0. The van der Waals surface area contributed by atoms with Gasteiger partial charge in [-0.25, -0.2) is 0 Å². The van der Waals surface area contributed by atoms with Crippen molar-refractivity contribution >= 4 is 5.91 Å². The number of allylic oxidation sites excluding steroid dienone is 3. The van der Waals surface area contributed by atoms with Gasteiger partial charge in [0, 0.05) is 18.4 Å². The van der Waals surface area contributed by atoms with Crippen LogP contribution in [0, 0.1) is 11.8 Å². The van der Waals surface area contributed by atoms with Crippen LogP contribution in [0.1, 0.15) is 206 Å². The molecule has 4 N–H and O–H groups in total. The van der Waals surface area contributed by atoms with Crippen LogP contribution in [0.4, 0.5) is 0 Å². The average molecular weight is 634 g/mol. The van der Waals surface area contributed by atoms with E-state index in [0.29, 0.717) is 6.42 Å². The standard InChI is InChI=1S/C41H79NO3/c1-3-5-7-9-11-13-15-16-17-18-19-20-21-22-23-24-26-28-30-32-34-36-40(44)39(37-43)38(41(42)45)35-33-31-29-27-25-14-12-10-8-6-4-2/h26,28,34,36,38-40,43-44H,3-25,27,29-33,35,37H2,1-2H3,(H2,42,45)/b28-26+,36-34+/t38?,39-,40-/m1/s1. The molecule has 0 saturated carbocycles. The second-order valence-electron chi connectivity index (χ2n) is 13.9. The van der Waals surface area contributed by atoms with Crippen LogP contribution in [0.2, 0.25) is 0 Å². The lowest BCUT2D eigenvalue weighted by Gasteiger charge is -2.26. The third-order valence-corrected chi connectivity index (χ3v) is 9.62. The summed E-state index contributed by atoms with van der Waals surface area (Å²) in [7, 11) is 0. The van der Waals surface area contributed by atoms with Gasteiger partial charge in [-0.05, 0) is 32.1 Å². The van der Waals surface area contributed by atoms with Gasteiger partial charge in [-0.2, -0.15) is 0 Å². The normalized spacial score (nSPS) is 14.0. The minimum atomic E-state index is -0.843. The van der Waals surface area contributed by atoms with E-state index in [1.54, 1.807) is 6.08 Å². The third-order valence-electron chi connectivity index (χ3n) is 9.62. The van der Waals surface area contributed by atoms with Crippen molar-refractivity contribution < 1.29 is 15.0 Å². The number of hydrogen-bond acceptors (Lipinski definition) is 3. The number of hydrogen-bond donors (Lipinski definition) is 3. The Hall–Kier alpha value is -1.13. The Kier molecular flexibility index (Phi) is 34.8. The molecule has 1 unspecified atom stereocenters. The van der Waals surface area contributed by atoms with E-state index in [9.17, 15) is 15.0 Å². The van der Waals surface area contributed by atoms with Crippen molar-refractivity contribution in [2.24, 2.45) is 17.6 Å². The molecular weight excluding hydrogens is 554 g/mol. The van der Waals surface area contributed by atoms with Gasteiger partial charge in [0.2, 0.25) is 5.91 Å². The van der Waals surface area contributed by atoms with E-state index in [1.807, 2.05) is 6.08 Å². The van der Waals surface area contributed by atoms with Crippen molar-refractivity contribution in [3.05, 3.63) is 24.3 Å². The molecule has 4 heteroatoms. The number of amides is 1. The van der Waals surface area contributed by atoms with E-state index in [1.165, 1.54) is 154 Å². The Bertz CT molecular complexity index is 661. The van der Waals surface area contributed by atoms with E-state index in [4.69, 9.17) is 5.73 Å². The van der Waals surface area contributed by atoms with Gasteiger partial charge >= 0.3 is 0 Å². The van der Waals surface area contributed by atoms with E-state index < -0.39 is 23.8 Å². The van der Waals surface area contributed by atoms with E-state index in [0.717, 1.165) is 32.1 Å². The number of rotatable bonds is 36. The molecule has 0 aromatic rings. The van der Waals surface area contributed by atoms with Crippen molar-refractivity contribution in [2.45, 2.75) is 213 Å². The minimum Gasteiger partial charge on any atom is -0.396 e. The molecule has 0 aromatic carbocycles. The summed E-state index contributed by atoms with van der Waals surface area (Å²) in [4.78, 5) is 12.1. The first-order valence-corrected chi connectivity index (χ1v) is 20.0. The molecule has 1 amide bonds. The molecule has 0 aliphatic heterocycles. The predicted octanol–water partition coefficient (Wildman–Crippen LogP) is 11.9. The van der Waals surface area contributed by atoms with E-state index in [2.05, 4.69) is 26.0 Å². The SMILES string of the molecule is CCCCCCCCCCCCCCCCC/C=C/CC/C=C/[C@@H](O)[C@H](CO)C(CCCCCCCCCCCCC)C(N)=O. The number of unbranched alkanes of at least 4 members (excludes halogenated alkanes) is 26. The first-order chi connectivity index (χ1) is 22.1. The lowest BCUT2D eigenvalue weighted by molar-refractivity contribution is -0.126. The zero-order valence-corrected chi connectivity index (χ0v) is 30.3. The van der Waals surface area contributed by atoms with Crippen LogP contribution in [0.5, 0.6) is 0 Å². The number of primary amides is 1. The van der Waals surface area contributed by atoms with Crippen LogP contribution >= 0.6 is 0 Å². The van der Waals surface area contributed by atoms with Gasteiger partial charge in [-0.3, -0.25) is 4.79 Å². The van der Waals surface area contributed by atoms with E-state index >= 15 is 0 Å². The van der Waals surface area contributed by atoms with Crippen LogP contribution in [0.3, 0.4) is 0 Å². The number of nitrogens with two attached hydrogens (primary N) is 1. The maximum absolute atomic E-state index is 12.1. The molecular formula is C41H79NO3. The van der Waals surface area contributed by atoms with Gasteiger partial charge in [-0.15, -0.1) is 0 Å². The third kappa shape index (κ3) is 30.0. The second-order valence-corrected chi connectivity index (χ2v) is 13.9. The lowest BCUT2D eigenvalue weighted by Crippen LogP contribution is -2.38. The smallest absolute Gasteiger partial charge is 0.221 e. The average Bonchev–Trinajstić information content (AvgIpc) is 3.03. The fraction of sp³-hybridized carbons (Fsp3) is 0.878. The van der Waals surface area contributed by atoms with Crippen molar-refractivity contribution in [1.82, 2.24) is 0 Å². The molecule has 4 nitrogen and oxygen atoms in total. The van der Waals surface area contributed by atoms with Crippen LogP contribution in [-0.2, 0) is 4.79 Å². The predicted molar refractivity (Wildman–Crippen MR) is 197 cm³/mol. The summed E-state index contributed by atoms with van der Waals surface area (Å²) in [5, 5.41) is 20.6. The molecule has 3 atom stereocenters. The first kappa shape index (κ1) is 43.9. The highest BCUT2D eigenvalue weighted by molar-refractivity contribution is 5.77. The molecule has 0 aliphatic carbocycles. The fourth-order valence-electron chi connectivity index (χ4n) is 6.51. The second kappa shape index (κ2) is 35.7. The molecule has 45 heavy (non-hydrogen) atoms. The summed E-state index contributed by atoms with van der Waals surface area (Å²) in [5.74, 6) is -1.42. The first-order valence-electron chi connectivity index (χ1n) is 20.0. The van der Waals surface area contributed by atoms with Gasteiger partial charge in [0.05, 0.1) is 6.10 Å². The minimum absolute atomic E-state index is 0.226.